The molecule has 2 aromatic rings. The summed E-state index contributed by atoms with van der Waals surface area (Å²) in [6, 6.07) is 9.82. The van der Waals surface area contributed by atoms with Crippen LogP contribution >= 0.6 is 11.3 Å². The van der Waals surface area contributed by atoms with E-state index in [-0.39, 0.29) is 5.97 Å². The molecule has 13 heavy (non-hydrogen) atoms. The summed E-state index contributed by atoms with van der Waals surface area (Å²) in [5.74, 6) is -0.272. The Bertz CT molecular complexity index is 412. The first-order chi connectivity index (χ1) is 6.25. The molecule has 0 amide bonds. The molecule has 0 bridgehead atoms. The van der Waals surface area contributed by atoms with Crippen LogP contribution in [0, 0.1) is 0 Å². The Labute approximate surface area is 79.8 Å². The van der Waals surface area contributed by atoms with Gasteiger partial charge in [-0.1, -0.05) is 29.5 Å². The van der Waals surface area contributed by atoms with E-state index >= 15 is 0 Å². The lowest BCUT2D eigenvalue weighted by molar-refractivity contribution is -0.131. The van der Waals surface area contributed by atoms with E-state index in [2.05, 4.69) is 0 Å². The normalized spacial score (nSPS) is 10.2. The van der Waals surface area contributed by atoms with E-state index < -0.39 is 0 Å². The summed E-state index contributed by atoms with van der Waals surface area (Å²) in [5.41, 5.74) is 0. The van der Waals surface area contributed by atoms with Gasteiger partial charge in [0.05, 0.1) is 0 Å². The summed E-state index contributed by atoms with van der Waals surface area (Å²) in [5, 5.41) is 1.78. The van der Waals surface area contributed by atoms with Crippen LogP contribution in [0.1, 0.15) is 6.92 Å². The molecule has 1 heterocycles. The highest BCUT2D eigenvalue weighted by Gasteiger charge is 2.03. The van der Waals surface area contributed by atoms with E-state index in [1.807, 2.05) is 30.3 Å². The lowest BCUT2D eigenvalue weighted by atomic mass is 10.3. The number of carbonyl (C=O) groups excluding carboxylic acids is 1. The van der Waals surface area contributed by atoms with E-state index in [1.165, 1.54) is 18.3 Å². The number of esters is 1. The second-order valence-corrected chi connectivity index (χ2v) is 3.74. The molecule has 0 radical (unpaired) electrons. The van der Waals surface area contributed by atoms with Crippen molar-refractivity contribution in [2.24, 2.45) is 0 Å². The second kappa shape index (κ2) is 3.18. The van der Waals surface area contributed by atoms with Crippen LogP contribution in [0.4, 0.5) is 0 Å². The molecule has 0 aliphatic heterocycles. The molecule has 1 aromatic carbocycles. The maximum Gasteiger partial charge on any atom is 0.308 e. The zero-order valence-corrected chi connectivity index (χ0v) is 7.93. The monoisotopic (exact) mass is 192 g/mol. The van der Waals surface area contributed by atoms with Crippen LogP contribution in [0.2, 0.25) is 0 Å². The molecule has 0 spiro atoms. The maximum absolute atomic E-state index is 10.7. The Kier molecular flexibility index (Phi) is 2.02. The first kappa shape index (κ1) is 8.26. The van der Waals surface area contributed by atoms with Crippen LogP contribution in [0.15, 0.2) is 30.3 Å². The van der Waals surface area contributed by atoms with Crippen LogP contribution in [0.5, 0.6) is 5.06 Å². The maximum atomic E-state index is 10.7. The number of hydrogen-bond acceptors (Lipinski definition) is 3. The van der Waals surface area contributed by atoms with E-state index in [1.54, 1.807) is 0 Å². The SMILES string of the molecule is CC(=O)Oc1cc2ccccc2s1. The third kappa shape index (κ3) is 1.70. The first-order valence-electron chi connectivity index (χ1n) is 3.93. The molecule has 0 aliphatic rings. The zero-order chi connectivity index (χ0) is 9.26. The Morgan fingerprint density at radius 2 is 2.15 bits per heavy atom. The lowest BCUT2D eigenvalue weighted by Crippen LogP contribution is -1.98. The summed E-state index contributed by atoms with van der Waals surface area (Å²) >= 11 is 1.48. The average Bonchev–Trinajstić information content (AvgIpc) is 2.44. The van der Waals surface area contributed by atoms with Crippen molar-refractivity contribution in [2.45, 2.75) is 6.92 Å². The molecule has 0 aliphatic carbocycles. The average molecular weight is 192 g/mol. The first-order valence-corrected chi connectivity index (χ1v) is 4.74. The minimum Gasteiger partial charge on any atom is -0.416 e. The summed E-state index contributed by atoms with van der Waals surface area (Å²) in [7, 11) is 0. The van der Waals surface area contributed by atoms with Gasteiger partial charge < -0.3 is 4.74 Å². The van der Waals surface area contributed by atoms with Gasteiger partial charge in [0, 0.05) is 17.7 Å². The molecule has 0 saturated carbocycles. The Morgan fingerprint density at radius 1 is 1.38 bits per heavy atom. The molecule has 0 fully saturated rings. The Balaban J connectivity index is 2.44. The van der Waals surface area contributed by atoms with Crippen molar-refractivity contribution in [3.63, 3.8) is 0 Å². The highest BCUT2D eigenvalue weighted by molar-refractivity contribution is 7.20. The van der Waals surface area contributed by atoms with Crippen LogP contribution < -0.4 is 4.74 Å². The number of thiophene rings is 1. The van der Waals surface area contributed by atoms with Crippen molar-refractivity contribution >= 4 is 27.4 Å². The van der Waals surface area contributed by atoms with E-state index in [0.29, 0.717) is 5.06 Å². The Hall–Kier alpha value is -1.35. The summed E-state index contributed by atoms with van der Waals surface area (Å²) < 4.78 is 6.12. The van der Waals surface area contributed by atoms with Crippen LogP contribution in [-0.2, 0) is 4.79 Å². The van der Waals surface area contributed by atoms with Crippen molar-refractivity contribution in [3.8, 4) is 5.06 Å². The number of fused-ring (bicyclic) bond motifs is 1. The van der Waals surface area contributed by atoms with Gasteiger partial charge in [0.2, 0.25) is 0 Å². The van der Waals surface area contributed by atoms with Gasteiger partial charge in [-0.25, -0.2) is 0 Å². The topological polar surface area (TPSA) is 26.3 Å². The molecule has 2 nitrogen and oxygen atoms in total. The number of rotatable bonds is 1. The van der Waals surface area contributed by atoms with Crippen LogP contribution in [0.3, 0.4) is 0 Å². The molecule has 2 rings (SSSR count). The molecular weight excluding hydrogens is 184 g/mol. The number of hydrogen-bond donors (Lipinski definition) is 0. The summed E-state index contributed by atoms with van der Waals surface area (Å²) in [4.78, 5) is 10.7. The van der Waals surface area contributed by atoms with Crippen molar-refractivity contribution in [1.29, 1.82) is 0 Å². The summed E-state index contributed by atoms with van der Waals surface area (Å²) in [6.45, 7) is 1.41. The van der Waals surface area contributed by atoms with Crippen molar-refractivity contribution < 1.29 is 9.53 Å². The Morgan fingerprint density at radius 3 is 2.85 bits per heavy atom. The highest BCUT2D eigenvalue weighted by Crippen LogP contribution is 2.31. The predicted octanol–water partition coefficient (Wildman–Crippen LogP) is 2.83. The third-order valence-electron chi connectivity index (χ3n) is 1.65. The molecule has 1 aromatic heterocycles. The highest BCUT2D eigenvalue weighted by atomic mass is 32.1. The van der Waals surface area contributed by atoms with Crippen molar-refractivity contribution in [2.75, 3.05) is 0 Å². The van der Waals surface area contributed by atoms with Crippen LogP contribution in [0.25, 0.3) is 10.1 Å². The molecule has 0 saturated heterocycles. The zero-order valence-electron chi connectivity index (χ0n) is 7.11. The van der Waals surface area contributed by atoms with Crippen molar-refractivity contribution in [3.05, 3.63) is 30.3 Å². The minimum atomic E-state index is -0.272. The smallest absolute Gasteiger partial charge is 0.308 e. The van der Waals surface area contributed by atoms with Gasteiger partial charge in [-0.05, 0) is 11.5 Å². The number of ether oxygens (including phenoxy) is 1. The second-order valence-electron chi connectivity index (χ2n) is 2.70. The molecule has 3 heteroatoms. The quantitative estimate of drug-likeness (QED) is 0.649. The van der Waals surface area contributed by atoms with Gasteiger partial charge in [0.25, 0.3) is 0 Å². The van der Waals surface area contributed by atoms with Crippen LogP contribution in [-0.4, -0.2) is 5.97 Å². The van der Waals surface area contributed by atoms with Gasteiger partial charge in [-0.2, -0.15) is 0 Å². The fourth-order valence-electron chi connectivity index (χ4n) is 1.15. The largest absolute Gasteiger partial charge is 0.416 e. The van der Waals surface area contributed by atoms with E-state index in [0.717, 1.165) is 10.1 Å². The summed E-state index contributed by atoms with van der Waals surface area (Å²) in [6.07, 6.45) is 0. The number of benzene rings is 1. The number of carbonyl (C=O) groups is 1. The van der Waals surface area contributed by atoms with E-state index in [9.17, 15) is 4.79 Å². The van der Waals surface area contributed by atoms with Gasteiger partial charge in [0.1, 0.15) is 0 Å². The van der Waals surface area contributed by atoms with Gasteiger partial charge in [-0.15, -0.1) is 0 Å². The molecule has 66 valence electrons. The van der Waals surface area contributed by atoms with Crippen molar-refractivity contribution in [1.82, 2.24) is 0 Å². The predicted molar refractivity (Wildman–Crippen MR) is 53.1 cm³/mol. The molecule has 0 atom stereocenters. The van der Waals surface area contributed by atoms with E-state index in [4.69, 9.17) is 4.74 Å². The molecule has 0 unspecified atom stereocenters. The third-order valence-corrected chi connectivity index (χ3v) is 2.64. The fourth-order valence-corrected chi connectivity index (χ4v) is 2.10. The van der Waals surface area contributed by atoms with Gasteiger partial charge in [-0.3, -0.25) is 4.79 Å². The molecular formula is C10H8O2S. The standard InChI is InChI=1S/C10H8O2S/c1-7(11)12-10-6-8-4-2-3-5-9(8)13-10/h2-6H,1H3. The van der Waals surface area contributed by atoms with Gasteiger partial charge in [0.15, 0.2) is 5.06 Å². The minimum absolute atomic E-state index is 0.272. The fraction of sp³-hybridized carbons (Fsp3) is 0.100. The van der Waals surface area contributed by atoms with Gasteiger partial charge >= 0.3 is 5.97 Å². The lowest BCUT2D eigenvalue weighted by Gasteiger charge is -1.92. The molecule has 0 N–H and O–H groups in total.